The summed E-state index contributed by atoms with van der Waals surface area (Å²) in [6.45, 7) is 3.33. The number of amides is 4. The van der Waals surface area contributed by atoms with Gasteiger partial charge < -0.3 is 10.2 Å². The SMILES string of the molecule is O=C(CCN1CCCC1C(=O)N1CCSCC1)NC(=O)NCc1ccccc1. The van der Waals surface area contributed by atoms with Crippen LogP contribution < -0.4 is 10.6 Å². The van der Waals surface area contributed by atoms with Crippen molar-refractivity contribution in [3.63, 3.8) is 0 Å². The summed E-state index contributed by atoms with van der Waals surface area (Å²) in [6.07, 6.45) is 2.03. The normalized spacial score (nSPS) is 20.0. The van der Waals surface area contributed by atoms with E-state index in [0.29, 0.717) is 13.1 Å². The average Bonchev–Trinajstić information content (AvgIpc) is 3.20. The summed E-state index contributed by atoms with van der Waals surface area (Å²) in [5, 5.41) is 5.05. The first-order valence-electron chi connectivity index (χ1n) is 9.85. The number of hydrogen-bond acceptors (Lipinski definition) is 5. The molecule has 8 heteroatoms. The topological polar surface area (TPSA) is 81.8 Å². The highest BCUT2D eigenvalue weighted by molar-refractivity contribution is 7.99. The Labute approximate surface area is 170 Å². The fraction of sp³-hybridized carbons (Fsp3) is 0.550. The van der Waals surface area contributed by atoms with Crippen molar-refractivity contribution < 1.29 is 14.4 Å². The lowest BCUT2D eigenvalue weighted by Gasteiger charge is -2.32. The van der Waals surface area contributed by atoms with Crippen molar-refractivity contribution in [1.82, 2.24) is 20.4 Å². The summed E-state index contributed by atoms with van der Waals surface area (Å²) < 4.78 is 0. The fourth-order valence-electron chi connectivity index (χ4n) is 3.62. The Morgan fingerprint density at radius 1 is 1.07 bits per heavy atom. The third-order valence-electron chi connectivity index (χ3n) is 5.15. The molecular weight excluding hydrogens is 376 g/mol. The molecule has 4 amide bonds. The van der Waals surface area contributed by atoms with Crippen LogP contribution in [0.3, 0.4) is 0 Å². The molecule has 2 saturated heterocycles. The highest BCUT2D eigenvalue weighted by Gasteiger charge is 2.34. The standard InChI is InChI=1S/C20H28N4O3S/c25-18(22-20(27)21-15-16-5-2-1-3-6-16)8-10-23-9-4-7-17(23)19(26)24-11-13-28-14-12-24/h1-3,5-6,17H,4,7-15H2,(H2,21,22,25,27). The van der Waals surface area contributed by atoms with Crippen molar-refractivity contribution in [3.8, 4) is 0 Å². The molecule has 2 N–H and O–H groups in total. The Kier molecular flexibility index (Phi) is 7.73. The predicted molar refractivity (Wildman–Crippen MR) is 110 cm³/mol. The van der Waals surface area contributed by atoms with Crippen LogP contribution in [0.15, 0.2) is 30.3 Å². The number of nitrogens with zero attached hydrogens (tertiary/aromatic N) is 2. The van der Waals surface area contributed by atoms with Gasteiger partial charge in [-0.05, 0) is 24.9 Å². The second-order valence-electron chi connectivity index (χ2n) is 7.10. The van der Waals surface area contributed by atoms with Crippen molar-refractivity contribution in [2.24, 2.45) is 0 Å². The Hall–Kier alpha value is -2.06. The lowest BCUT2D eigenvalue weighted by Crippen LogP contribution is -2.49. The largest absolute Gasteiger partial charge is 0.340 e. The molecule has 1 atom stereocenters. The van der Waals surface area contributed by atoms with Crippen molar-refractivity contribution in [1.29, 1.82) is 0 Å². The molecule has 1 aromatic carbocycles. The van der Waals surface area contributed by atoms with Gasteiger partial charge in [0.2, 0.25) is 11.8 Å². The van der Waals surface area contributed by atoms with Crippen LogP contribution in [0.25, 0.3) is 0 Å². The number of rotatable bonds is 6. The summed E-state index contributed by atoms with van der Waals surface area (Å²) in [5.74, 6) is 1.87. The average molecular weight is 405 g/mol. The van der Waals surface area contributed by atoms with Gasteiger partial charge in [-0.15, -0.1) is 0 Å². The second kappa shape index (κ2) is 10.5. The summed E-state index contributed by atoms with van der Waals surface area (Å²) in [4.78, 5) is 40.8. The molecule has 1 unspecified atom stereocenters. The van der Waals surface area contributed by atoms with Crippen LogP contribution in [0.1, 0.15) is 24.8 Å². The summed E-state index contributed by atoms with van der Waals surface area (Å²) in [7, 11) is 0. The zero-order valence-corrected chi connectivity index (χ0v) is 16.9. The number of carbonyl (C=O) groups excluding carboxylic acids is 3. The monoisotopic (exact) mass is 404 g/mol. The number of nitrogens with one attached hydrogen (secondary N) is 2. The molecule has 2 fully saturated rings. The van der Waals surface area contributed by atoms with Gasteiger partial charge in [0, 0.05) is 44.1 Å². The molecule has 1 aromatic rings. The molecule has 2 heterocycles. The smallest absolute Gasteiger partial charge is 0.321 e. The maximum atomic E-state index is 12.8. The van der Waals surface area contributed by atoms with Crippen LogP contribution in [0, 0.1) is 0 Å². The van der Waals surface area contributed by atoms with Crippen LogP contribution in [0.4, 0.5) is 4.79 Å². The molecular formula is C20H28N4O3S. The Morgan fingerprint density at radius 3 is 2.57 bits per heavy atom. The second-order valence-corrected chi connectivity index (χ2v) is 8.32. The number of carbonyl (C=O) groups is 3. The van der Waals surface area contributed by atoms with Gasteiger partial charge >= 0.3 is 6.03 Å². The molecule has 0 aliphatic carbocycles. The first-order valence-corrected chi connectivity index (χ1v) is 11.0. The van der Waals surface area contributed by atoms with Crippen LogP contribution in [-0.2, 0) is 16.1 Å². The van der Waals surface area contributed by atoms with E-state index < -0.39 is 6.03 Å². The highest BCUT2D eigenvalue weighted by Crippen LogP contribution is 2.21. The van der Waals surface area contributed by atoms with E-state index in [1.807, 2.05) is 47.0 Å². The van der Waals surface area contributed by atoms with E-state index in [2.05, 4.69) is 15.5 Å². The molecule has 152 valence electrons. The van der Waals surface area contributed by atoms with E-state index in [9.17, 15) is 14.4 Å². The minimum atomic E-state index is -0.492. The molecule has 0 bridgehead atoms. The zero-order chi connectivity index (χ0) is 19.8. The van der Waals surface area contributed by atoms with E-state index in [1.165, 1.54) is 0 Å². The van der Waals surface area contributed by atoms with E-state index in [4.69, 9.17) is 0 Å². The van der Waals surface area contributed by atoms with Crippen molar-refractivity contribution >= 4 is 29.6 Å². The third-order valence-corrected chi connectivity index (χ3v) is 6.09. The first-order chi connectivity index (χ1) is 13.6. The molecule has 7 nitrogen and oxygen atoms in total. The number of imide groups is 1. The van der Waals surface area contributed by atoms with Gasteiger partial charge in [0.15, 0.2) is 0 Å². The van der Waals surface area contributed by atoms with Gasteiger partial charge in [-0.1, -0.05) is 30.3 Å². The number of urea groups is 1. The fourth-order valence-corrected chi connectivity index (χ4v) is 4.53. The quantitative estimate of drug-likeness (QED) is 0.750. The maximum Gasteiger partial charge on any atom is 0.321 e. The van der Waals surface area contributed by atoms with Crippen LogP contribution in [0.5, 0.6) is 0 Å². The van der Waals surface area contributed by atoms with Crippen molar-refractivity contribution in [2.45, 2.75) is 31.8 Å². The number of hydrogen-bond donors (Lipinski definition) is 2. The lowest BCUT2D eigenvalue weighted by molar-refractivity contribution is -0.136. The summed E-state index contributed by atoms with van der Waals surface area (Å²) >= 11 is 1.88. The molecule has 0 aromatic heterocycles. The Bertz CT molecular complexity index is 679. The minimum Gasteiger partial charge on any atom is -0.340 e. The first kappa shape index (κ1) is 20.7. The predicted octanol–water partition coefficient (Wildman–Crippen LogP) is 1.44. The minimum absolute atomic E-state index is 0.122. The van der Waals surface area contributed by atoms with E-state index in [-0.39, 0.29) is 24.3 Å². The number of benzene rings is 1. The number of likely N-dealkylation sites (tertiary alicyclic amines) is 1. The van der Waals surface area contributed by atoms with Crippen molar-refractivity contribution in [2.75, 3.05) is 37.7 Å². The molecule has 28 heavy (non-hydrogen) atoms. The number of thioether (sulfide) groups is 1. The van der Waals surface area contributed by atoms with E-state index in [1.54, 1.807) is 0 Å². The lowest BCUT2D eigenvalue weighted by atomic mass is 10.2. The Morgan fingerprint density at radius 2 is 1.82 bits per heavy atom. The van der Waals surface area contributed by atoms with Gasteiger partial charge in [-0.2, -0.15) is 11.8 Å². The third kappa shape index (κ3) is 5.97. The maximum absolute atomic E-state index is 12.8. The molecule has 0 spiro atoms. The van der Waals surface area contributed by atoms with Gasteiger partial charge in [0.25, 0.3) is 0 Å². The van der Waals surface area contributed by atoms with Crippen LogP contribution in [0.2, 0.25) is 0 Å². The molecule has 2 aliphatic heterocycles. The zero-order valence-electron chi connectivity index (χ0n) is 16.1. The molecule has 2 aliphatic rings. The van der Waals surface area contributed by atoms with E-state index in [0.717, 1.165) is 49.5 Å². The molecule has 0 saturated carbocycles. The highest BCUT2D eigenvalue weighted by atomic mass is 32.2. The Balaban J connectivity index is 1.39. The van der Waals surface area contributed by atoms with Crippen LogP contribution >= 0.6 is 11.8 Å². The summed E-state index contributed by atoms with van der Waals surface area (Å²) in [5.41, 5.74) is 0.972. The van der Waals surface area contributed by atoms with Gasteiger partial charge in [-0.25, -0.2) is 4.79 Å². The van der Waals surface area contributed by atoms with Gasteiger partial charge in [-0.3, -0.25) is 19.8 Å². The van der Waals surface area contributed by atoms with E-state index >= 15 is 0 Å². The van der Waals surface area contributed by atoms with Gasteiger partial charge in [0.05, 0.1) is 6.04 Å². The summed E-state index contributed by atoms with van der Waals surface area (Å²) in [6, 6.07) is 8.92. The van der Waals surface area contributed by atoms with Crippen LogP contribution in [-0.4, -0.2) is 71.4 Å². The molecule has 0 radical (unpaired) electrons. The molecule has 3 rings (SSSR count). The van der Waals surface area contributed by atoms with Gasteiger partial charge in [0.1, 0.15) is 0 Å². The van der Waals surface area contributed by atoms with Crippen molar-refractivity contribution in [3.05, 3.63) is 35.9 Å².